The van der Waals surface area contributed by atoms with Crippen LogP contribution in [0.25, 0.3) is 0 Å². The van der Waals surface area contributed by atoms with Crippen LogP contribution in [0.4, 0.5) is 4.39 Å². The normalized spacial score (nSPS) is 12.3. The zero-order valence-corrected chi connectivity index (χ0v) is 11.0. The summed E-state index contributed by atoms with van der Waals surface area (Å²) in [7, 11) is 0. The van der Waals surface area contributed by atoms with Gasteiger partial charge in [-0.1, -0.05) is 42.5 Å². The van der Waals surface area contributed by atoms with Crippen molar-refractivity contribution in [3.63, 3.8) is 0 Å². The summed E-state index contributed by atoms with van der Waals surface area (Å²) in [5.41, 5.74) is 5.22. The van der Waals surface area contributed by atoms with Gasteiger partial charge in [0.05, 0.1) is 6.61 Å². The zero-order chi connectivity index (χ0) is 13.5. The van der Waals surface area contributed by atoms with Crippen molar-refractivity contribution in [1.29, 1.82) is 0 Å². The van der Waals surface area contributed by atoms with Crippen molar-refractivity contribution in [1.82, 2.24) is 5.48 Å². The van der Waals surface area contributed by atoms with Crippen LogP contribution in [0.5, 0.6) is 0 Å². The lowest BCUT2D eigenvalue weighted by molar-refractivity contribution is 0.00763. The van der Waals surface area contributed by atoms with E-state index < -0.39 is 0 Å². The first kappa shape index (κ1) is 13.7. The summed E-state index contributed by atoms with van der Waals surface area (Å²) < 4.78 is 12.8. The summed E-state index contributed by atoms with van der Waals surface area (Å²) in [6, 6.07) is 16.7. The maximum absolute atomic E-state index is 12.8. The monoisotopic (exact) mass is 259 g/mol. The molecule has 0 aliphatic rings. The Kier molecular flexibility index (Phi) is 5.07. The van der Waals surface area contributed by atoms with Gasteiger partial charge >= 0.3 is 0 Å². The van der Waals surface area contributed by atoms with Gasteiger partial charge in [-0.15, -0.1) is 0 Å². The fourth-order valence-corrected chi connectivity index (χ4v) is 1.86. The van der Waals surface area contributed by atoms with E-state index in [4.69, 9.17) is 4.84 Å². The molecular formula is C16H18FNO. The molecule has 0 bridgehead atoms. The minimum absolute atomic E-state index is 0.175. The van der Waals surface area contributed by atoms with Crippen molar-refractivity contribution in [3.05, 3.63) is 71.5 Å². The van der Waals surface area contributed by atoms with Gasteiger partial charge in [-0.25, -0.2) is 4.39 Å². The van der Waals surface area contributed by atoms with Crippen molar-refractivity contribution in [2.24, 2.45) is 0 Å². The number of halogens is 1. The Bertz CT molecular complexity index is 484. The van der Waals surface area contributed by atoms with Crippen LogP contribution < -0.4 is 5.48 Å². The highest BCUT2D eigenvalue weighted by Crippen LogP contribution is 2.06. The Balaban J connectivity index is 1.73. The number of hydrogen-bond acceptors (Lipinski definition) is 2. The minimum atomic E-state index is -0.204. The van der Waals surface area contributed by atoms with Crippen LogP contribution >= 0.6 is 0 Å². The molecule has 0 heterocycles. The van der Waals surface area contributed by atoms with E-state index in [0.717, 1.165) is 17.5 Å². The average molecular weight is 259 g/mol. The third kappa shape index (κ3) is 4.81. The maximum atomic E-state index is 12.8. The van der Waals surface area contributed by atoms with Crippen molar-refractivity contribution in [2.45, 2.75) is 26.0 Å². The molecule has 0 amide bonds. The zero-order valence-electron chi connectivity index (χ0n) is 11.0. The number of nitrogens with one attached hydrogen (secondary N) is 1. The Hall–Kier alpha value is -1.71. The van der Waals surface area contributed by atoms with E-state index in [9.17, 15) is 4.39 Å². The first-order valence-corrected chi connectivity index (χ1v) is 6.40. The molecule has 1 N–H and O–H groups in total. The van der Waals surface area contributed by atoms with E-state index in [1.54, 1.807) is 12.1 Å². The quantitative estimate of drug-likeness (QED) is 0.802. The molecule has 0 fully saturated rings. The fourth-order valence-electron chi connectivity index (χ4n) is 1.86. The predicted molar refractivity (Wildman–Crippen MR) is 73.9 cm³/mol. The topological polar surface area (TPSA) is 21.3 Å². The molecule has 19 heavy (non-hydrogen) atoms. The molecule has 1 atom stereocenters. The molecular weight excluding hydrogens is 241 g/mol. The standard InChI is InChI=1S/C16H18FNO/c1-13(11-14-7-9-16(17)10-8-14)18-19-12-15-5-3-2-4-6-15/h2-10,13,18H,11-12H2,1H3. The third-order valence-corrected chi connectivity index (χ3v) is 2.82. The second-order valence-corrected chi connectivity index (χ2v) is 4.62. The smallest absolute Gasteiger partial charge is 0.123 e. The Morgan fingerprint density at radius 1 is 1.00 bits per heavy atom. The lowest BCUT2D eigenvalue weighted by Crippen LogP contribution is -2.28. The molecule has 0 spiro atoms. The SMILES string of the molecule is CC(Cc1ccc(F)cc1)NOCc1ccccc1. The molecule has 0 radical (unpaired) electrons. The Morgan fingerprint density at radius 3 is 2.37 bits per heavy atom. The van der Waals surface area contributed by atoms with E-state index in [1.807, 2.05) is 37.3 Å². The predicted octanol–water partition coefficient (Wildman–Crippen LogP) is 3.48. The number of benzene rings is 2. The van der Waals surface area contributed by atoms with Crippen LogP contribution in [-0.4, -0.2) is 6.04 Å². The third-order valence-electron chi connectivity index (χ3n) is 2.82. The first-order valence-electron chi connectivity index (χ1n) is 6.40. The van der Waals surface area contributed by atoms with Crippen molar-refractivity contribution >= 4 is 0 Å². The second kappa shape index (κ2) is 7.02. The molecule has 2 aromatic carbocycles. The Morgan fingerprint density at radius 2 is 1.68 bits per heavy atom. The van der Waals surface area contributed by atoms with Gasteiger partial charge in [-0.3, -0.25) is 4.84 Å². The molecule has 2 aromatic rings. The van der Waals surface area contributed by atoms with E-state index in [-0.39, 0.29) is 11.9 Å². The Labute approximate surface area is 113 Å². The first-order chi connectivity index (χ1) is 9.24. The molecule has 0 saturated heterocycles. The van der Waals surface area contributed by atoms with Crippen LogP contribution in [0.2, 0.25) is 0 Å². The summed E-state index contributed by atoms with van der Waals surface area (Å²) >= 11 is 0. The summed E-state index contributed by atoms with van der Waals surface area (Å²) in [5, 5.41) is 0. The summed E-state index contributed by atoms with van der Waals surface area (Å²) in [6.07, 6.45) is 0.801. The van der Waals surface area contributed by atoms with Crippen molar-refractivity contribution in [2.75, 3.05) is 0 Å². The van der Waals surface area contributed by atoms with Crippen LogP contribution in [0, 0.1) is 5.82 Å². The highest BCUT2D eigenvalue weighted by atomic mass is 19.1. The van der Waals surface area contributed by atoms with Crippen LogP contribution in [0.1, 0.15) is 18.1 Å². The van der Waals surface area contributed by atoms with E-state index >= 15 is 0 Å². The molecule has 2 nitrogen and oxygen atoms in total. The lowest BCUT2D eigenvalue weighted by atomic mass is 10.1. The number of hydrogen-bond donors (Lipinski definition) is 1. The van der Waals surface area contributed by atoms with Crippen LogP contribution in [0.15, 0.2) is 54.6 Å². The molecule has 0 aromatic heterocycles. The van der Waals surface area contributed by atoms with Crippen LogP contribution in [-0.2, 0) is 17.9 Å². The van der Waals surface area contributed by atoms with Crippen molar-refractivity contribution in [3.8, 4) is 0 Å². The van der Waals surface area contributed by atoms with Gasteiger partial charge in [0.15, 0.2) is 0 Å². The molecule has 0 aliphatic heterocycles. The maximum Gasteiger partial charge on any atom is 0.123 e. The van der Waals surface area contributed by atoms with Crippen molar-refractivity contribution < 1.29 is 9.23 Å². The lowest BCUT2D eigenvalue weighted by Gasteiger charge is -2.13. The van der Waals surface area contributed by atoms with Gasteiger partial charge in [0.25, 0.3) is 0 Å². The molecule has 2 rings (SSSR count). The van der Waals surface area contributed by atoms with Gasteiger partial charge < -0.3 is 0 Å². The second-order valence-electron chi connectivity index (χ2n) is 4.62. The summed E-state index contributed by atoms with van der Waals surface area (Å²) in [6.45, 7) is 2.57. The van der Waals surface area contributed by atoms with E-state index in [0.29, 0.717) is 6.61 Å². The fraction of sp³-hybridized carbons (Fsp3) is 0.250. The van der Waals surface area contributed by atoms with E-state index in [1.165, 1.54) is 12.1 Å². The summed E-state index contributed by atoms with van der Waals surface area (Å²) in [5.74, 6) is -0.204. The molecule has 1 unspecified atom stereocenters. The van der Waals surface area contributed by atoms with E-state index in [2.05, 4.69) is 5.48 Å². The average Bonchev–Trinajstić information content (AvgIpc) is 2.43. The van der Waals surface area contributed by atoms with Gasteiger partial charge in [-0.05, 0) is 36.6 Å². The van der Waals surface area contributed by atoms with Crippen LogP contribution in [0.3, 0.4) is 0 Å². The highest BCUT2D eigenvalue weighted by Gasteiger charge is 2.03. The molecule has 100 valence electrons. The highest BCUT2D eigenvalue weighted by molar-refractivity contribution is 5.17. The number of hydroxylamine groups is 1. The molecule has 0 aliphatic carbocycles. The van der Waals surface area contributed by atoms with Gasteiger partial charge in [0.1, 0.15) is 5.82 Å². The largest absolute Gasteiger partial charge is 0.297 e. The summed E-state index contributed by atoms with van der Waals surface area (Å²) in [4.78, 5) is 5.45. The minimum Gasteiger partial charge on any atom is -0.297 e. The van der Waals surface area contributed by atoms with Gasteiger partial charge in [-0.2, -0.15) is 5.48 Å². The molecule has 3 heteroatoms. The van der Waals surface area contributed by atoms with Gasteiger partial charge in [0.2, 0.25) is 0 Å². The molecule has 0 saturated carbocycles. The number of rotatable bonds is 6. The van der Waals surface area contributed by atoms with Gasteiger partial charge in [0, 0.05) is 6.04 Å².